The lowest BCUT2D eigenvalue weighted by atomic mass is 10.3. The molecule has 3 rings (SSSR count). The average Bonchev–Trinajstić information content (AvgIpc) is 2.64. The van der Waals surface area contributed by atoms with Gasteiger partial charge in [-0.1, -0.05) is 23.2 Å². The van der Waals surface area contributed by atoms with Crippen LogP contribution in [0, 0.1) is 0 Å². The molecule has 27 heavy (non-hydrogen) atoms. The van der Waals surface area contributed by atoms with Crippen molar-refractivity contribution in [3.05, 3.63) is 28.2 Å². The number of halogens is 2. The Kier molecular flexibility index (Phi) is 7.24. The van der Waals surface area contributed by atoms with Crippen LogP contribution in [0.25, 0.3) is 0 Å². The Morgan fingerprint density at radius 2 is 1.56 bits per heavy atom. The first-order valence-electron chi connectivity index (χ1n) is 9.10. The van der Waals surface area contributed by atoms with Gasteiger partial charge in [0.05, 0.1) is 5.02 Å². The topological polar surface area (TPSA) is 56.3 Å². The highest BCUT2D eigenvalue weighted by Gasteiger charge is 2.33. The number of hydrogen-bond donors (Lipinski definition) is 0. The molecule has 10 heteroatoms. The van der Waals surface area contributed by atoms with E-state index in [9.17, 15) is 8.42 Å². The van der Waals surface area contributed by atoms with Crippen molar-refractivity contribution in [1.82, 2.24) is 18.4 Å². The molecule has 2 aliphatic rings. The fourth-order valence-corrected chi connectivity index (χ4v) is 5.28. The first-order chi connectivity index (χ1) is 12.9. The summed E-state index contributed by atoms with van der Waals surface area (Å²) in [6.45, 7) is 6.33. The molecule has 152 valence electrons. The van der Waals surface area contributed by atoms with Crippen molar-refractivity contribution in [2.45, 2.75) is 0 Å². The fourth-order valence-electron chi connectivity index (χ4n) is 3.24. The van der Waals surface area contributed by atoms with Crippen molar-refractivity contribution in [3.8, 4) is 5.75 Å². The third-order valence-corrected chi connectivity index (χ3v) is 7.57. The van der Waals surface area contributed by atoms with Gasteiger partial charge in [0.2, 0.25) is 0 Å². The van der Waals surface area contributed by atoms with Crippen molar-refractivity contribution in [2.75, 3.05) is 72.6 Å². The van der Waals surface area contributed by atoms with Gasteiger partial charge in [-0.2, -0.15) is 17.0 Å². The Balaban J connectivity index is 1.43. The first-order valence-corrected chi connectivity index (χ1v) is 11.3. The SMILES string of the molecule is CN1CCN(S(=O)(=O)N2CCN(CCOc3ccc(Cl)cc3Cl)CC2)CC1. The number of rotatable bonds is 6. The standard InChI is InChI=1S/C17H26Cl2N4O3S/c1-20-4-8-22(9-5-20)27(24,25)23-10-6-21(7-11-23)12-13-26-17-3-2-15(18)14-16(17)19/h2-3,14H,4-13H2,1H3. The zero-order chi connectivity index (χ0) is 19.4. The third kappa shape index (κ3) is 5.47. The highest BCUT2D eigenvalue weighted by molar-refractivity contribution is 7.86. The van der Waals surface area contributed by atoms with Gasteiger partial charge in [-0.3, -0.25) is 4.90 Å². The van der Waals surface area contributed by atoms with Crippen molar-refractivity contribution < 1.29 is 13.2 Å². The summed E-state index contributed by atoms with van der Waals surface area (Å²) in [6.07, 6.45) is 0. The Bertz CT molecular complexity index is 734. The molecular formula is C17H26Cl2N4O3S. The number of hydrogen-bond acceptors (Lipinski definition) is 5. The van der Waals surface area contributed by atoms with Crippen LogP contribution in [0.5, 0.6) is 5.75 Å². The third-order valence-electron chi connectivity index (χ3n) is 5.01. The second-order valence-electron chi connectivity index (χ2n) is 6.87. The molecule has 0 atom stereocenters. The monoisotopic (exact) mass is 436 g/mol. The zero-order valence-corrected chi connectivity index (χ0v) is 17.8. The van der Waals surface area contributed by atoms with Crippen LogP contribution >= 0.6 is 23.2 Å². The van der Waals surface area contributed by atoms with Gasteiger partial charge in [-0.05, 0) is 25.2 Å². The number of piperazine rings is 2. The summed E-state index contributed by atoms with van der Waals surface area (Å²) >= 11 is 12.0. The number of benzene rings is 1. The predicted octanol–water partition coefficient (Wildman–Crippen LogP) is 1.48. The predicted molar refractivity (Wildman–Crippen MR) is 108 cm³/mol. The Morgan fingerprint density at radius 3 is 2.15 bits per heavy atom. The smallest absolute Gasteiger partial charge is 0.282 e. The lowest BCUT2D eigenvalue weighted by molar-refractivity contribution is 0.149. The maximum Gasteiger partial charge on any atom is 0.282 e. The minimum Gasteiger partial charge on any atom is -0.491 e. The van der Waals surface area contributed by atoms with Crippen LogP contribution < -0.4 is 4.74 Å². The Labute approximate surface area is 171 Å². The summed E-state index contributed by atoms with van der Waals surface area (Å²) in [6, 6.07) is 5.15. The zero-order valence-electron chi connectivity index (χ0n) is 15.5. The minimum absolute atomic E-state index is 0.491. The van der Waals surface area contributed by atoms with E-state index in [4.69, 9.17) is 27.9 Å². The van der Waals surface area contributed by atoms with E-state index in [-0.39, 0.29) is 0 Å². The van der Waals surface area contributed by atoms with E-state index in [1.165, 1.54) is 0 Å². The largest absolute Gasteiger partial charge is 0.491 e. The molecule has 2 saturated heterocycles. The molecule has 0 unspecified atom stereocenters. The van der Waals surface area contributed by atoms with Crippen LogP contribution in [-0.2, 0) is 10.2 Å². The van der Waals surface area contributed by atoms with Gasteiger partial charge in [0.15, 0.2) is 0 Å². The van der Waals surface area contributed by atoms with E-state index in [0.29, 0.717) is 61.7 Å². The van der Waals surface area contributed by atoms with Gasteiger partial charge in [-0.25, -0.2) is 0 Å². The summed E-state index contributed by atoms with van der Waals surface area (Å²) in [5.41, 5.74) is 0. The maximum absolute atomic E-state index is 12.8. The van der Waals surface area contributed by atoms with Crippen molar-refractivity contribution >= 4 is 33.4 Å². The maximum atomic E-state index is 12.8. The molecule has 1 aromatic carbocycles. The van der Waals surface area contributed by atoms with Crippen LogP contribution in [0.1, 0.15) is 0 Å². The molecule has 0 aromatic heterocycles. The van der Waals surface area contributed by atoms with Crippen LogP contribution in [0.2, 0.25) is 10.0 Å². The van der Waals surface area contributed by atoms with Gasteiger partial charge < -0.3 is 9.64 Å². The van der Waals surface area contributed by atoms with Crippen molar-refractivity contribution in [2.24, 2.45) is 0 Å². The molecule has 0 spiro atoms. The molecule has 0 saturated carbocycles. The molecule has 0 bridgehead atoms. The van der Waals surface area contributed by atoms with Gasteiger partial charge >= 0.3 is 0 Å². The summed E-state index contributed by atoms with van der Waals surface area (Å²) in [4.78, 5) is 4.36. The van der Waals surface area contributed by atoms with E-state index in [1.54, 1.807) is 26.8 Å². The van der Waals surface area contributed by atoms with Crippen LogP contribution in [-0.4, -0.2) is 99.4 Å². The van der Waals surface area contributed by atoms with Crippen molar-refractivity contribution in [1.29, 1.82) is 0 Å². The summed E-state index contributed by atoms with van der Waals surface area (Å²) in [5.74, 6) is 0.609. The Hall–Kier alpha value is -0.610. The quantitative estimate of drug-likeness (QED) is 0.675. The van der Waals surface area contributed by atoms with Gasteiger partial charge in [-0.15, -0.1) is 0 Å². The lowest BCUT2D eigenvalue weighted by Gasteiger charge is -2.39. The Morgan fingerprint density at radius 1 is 0.963 bits per heavy atom. The van der Waals surface area contributed by atoms with Gasteiger partial charge in [0.25, 0.3) is 10.2 Å². The van der Waals surface area contributed by atoms with Gasteiger partial charge in [0.1, 0.15) is 12.4 Å². The van der Waals surface area contributed by atoms with E-state index in [0.717, 1.165) is 19.6 Å². The van der Waals surface area contributed by atoms with Crippen LogP contribution in [0.4, 0.5) is 0 Å². The fraction of sp³-hybridized carbons (Fsp3) is 0.647. The normalized spacial score (nSPS) is 21.4. The molecule has 2 fully saturated rings. The van der Waals surface area contributed by atoms with Crippen molar-refractivity contribution in [3.63, 3.8) is 0 Å². The lowest BCUT2D eigenvalue weighted by Crippen LogP contribution is -2.56. The number of ether oxygens (including phenoxy) is 1. The highest BCUT2D eigenvalue weighted by atomic mass is 35.5. The molecule has 0 amide bonds. The molecule has 0 N–H and O–H groups in total. The number of likely N-dealkylation sites (N-methyl/N-ethyl adjacent to an activating group) is 1. The number of nitrogens with zero attached hydrogens (tertiary/aromatic N) is 4. The summed E-state index contributed by atoms with van der Waals surface area (Å²) in [5, 5.41) is 1.07. The van der Waals surface area contributed by atoms with Gasteiger partial charge in [0, 0.05) is 63.9 Å². The first kappa shape index (κ1) is 21.1. The van der Waals surface area contributed by atoms with Crippen LogP contribution in [0.3, 0.4) is 0 Å². The van der Waals surface area contributed by atoms with E-state index in [1.807, 2.05) is 7.05 Å². The average molecular weight is 437 g/mol. The molecule has 2 aliphatic heterocycles. The minimum atomic E-state index is -3.35. The highest BCUT2D eigenvalue weighted by Crippen LogP contribution is 2.27. The summed E-state index contributed by atoms with van der Waals surface area (Å²) in [7, 11) is -1.34. The molecule has 2 heterocycles. The second kappa shape index (κ2) is 9.26. The van der Waals surface area contributed by atoms with E-state index >= 15 is 0 Å². The summed E-state index contributed by atoms with van der Waals surface area (Å²) < 4.78 is 34.5. The molecule has 0 aliphatic carbocycles. The molecule has 1 aromatic rings. The molecular weight excluding hydrogens is 411 g/mol. The molecule has 0 radical (unpaired) electrons. The van der Waals surface area contributed by atoms with E-state index < -0.39 is 10.2 Å². The second-order valence-corrected chi connectivity index (χ2v) is 9.65. The van der Waals surface area contributed by atoms with Crippen LogP contribution in [0.15, 0.2) is 18.2 Å². The van der Waals surface area contributed by atoms with E-state index in [2.05, 4.69) is 9.80 Å². The molecule has 7 nitrogen and oxygen atoms in total.